The molecule has 0 N–H and O–H groups in total. The molecule has 11 heteroatoms. The van der Waals surface area contributed by atoms with Crippen molar-refractivity contribution < 1.29 is 40.6 Å². The summed E-state index contributed by atoms with van der Waals surface area (Å²) in [4.78, 5) is 14.2. The van der Waals surface area contributed by atoms with Gasteiger partial charge in [-0.05, 0) is 22.6 Å². The summed E-state index contributed by atoms with van der Waals surface area (Å²) in [5.74, 6) is -2.73. The molecule has 0 aliphatic heterocycles. The van der Waals surface area contributed by atoms with Crippen molar-refractivity contribution in [2.75, 3.05) is 7.11 Å². The molecule has 0 aromatic carbocycles. The van der Waals surface area contributed by atoms with E-state index in [0.717, 1.165) is 29.7 Å². The molecule has 0 radical (unpaired) electrons. The molecule has 112 valence electrons. The van der Waals surface area contributed by atoms with Gasteiger partial charge in [-0.3, -0.25) is 0 Å². The summed E-state index contributed by atoms with van der Waals surface area (Å²) in [6.07, 6.45) is -9.95. The number of carbonyl (C=O) groups is 1. The van der Waals surface area contributed by atoms with Gasteiger partial charge in [-0.2, -0.15) is 13.2 Å². The van der Waals surface area contributed by atoms with E-state index in [4.69, 9.17) is 0 Å². The minimum atomic E-state index is -5.21. The van der Waals surface area contributed by atoms with Crippen molar-refractivity contribution in [3.63, 3.8) is 0 Å². The summed E-state index contributed by atoms with van der Waals surface area (Å²) < 4.78 is 80.9. The fourth-order valence-corrected chi connectivity index (χ4v) is 2.03. The number of nitrogens with zero attached hydrogens (tertiary/aromatic N) is 1. The van der Waals surface area contributed by atoms with E-state index in [2.05, 4.69) is 14.5 Å². The molecule has 0 bridgehead atoms. The third-order valence-electron chi connectivity index (χ3n) is 1.89. The lowest BCUT2D eigenvalue weighted by Gasteiger charge is -2.15. The highest BCUT2D eigenvalue weighted by molar-refractivity contribution is 14.1. The van der Waals surface area contributed by atoms with Crippen molar-refractivity contribution >= 4 is 28.6 Å². The molecule has 0 aliphatic rings. The standard InChI is InChI=1S/C9H4F6INO3/c1-19-7(18)4-5(16)3(8(10,11)12)2-17-6(4)20-9(13,14)15/h2H,1H3. The normalized spacial score (nSPS) is 12.2. The molecule has 1 aromatic rings. The first-order valence-electron chi connectivity index (χ1n) is 4.57. The van der Waals surface area contributed by atoms with Gasteiger partial charge in [0.05, 0.1) is 12.7 Å². The van der Waals surface area contributed by atoms with Gasteiger partial charge in [0.25, 0.3) is 0 Å². The van der Waals surface area contributed by atoms with Gasteiger partial charge in [0.2, 0.25) is 5.88 Å². The van der Waals surface area contributed by atoms with Crippen molar-refractivity contribution in [1.82, 2.24) is 4.98 Å². The Bertz CT molecular complexity index is 528. The van der Waals surface area contributed by atoms with Gasteiger partial charge in [0.1, 0.15) is 5.56 Å². The van der Waals surface area contributed by atoms with Crippen LogP contribution in [0.25, 0.3) is 0 Å². The van der Waals surface area contributed by atoms with Crippen LogP contribution >= 0.6 is 22.6 Å². The number of esters is 1. The molecule has 4 nitrogen and oxygen atoms in total. The molecule has 1 rings (SSSR count). The first-order valence-corrected chi connectivity index (χ1v) is 5.65. The highest BCUT2D eigenvalue weighted by Crippen LogP contribution is 2.37. The molecule has 1 aromatic heterocycles. The van der Waals surface area contributed by atoms with Crippen LogP contribution < -0.4 is 4.74 Å². The van der Waals surface area contributed by atoms with E-state index in [-0.39, 0.29) is 6.20 Å². The van der Waals surface area contributed by atoms with E-state index < -0.39 is 39.1 Å². The Balaban J connectivity index is 3.48. The summed E-state index contributed by atoms with van der Waals surface area (Å²) in [6.45, 7) is 0. The molecule has 0 amide bonds. The first-order chi connectivity index (χ1) is 8.97. The molecule has 0 saturated carbocycles. The number of rotatable bonds is 2. The van der Waals surface area contributed by atoms with Gasteiger partial charge < -0.3 is 9.47 Å². The maximum absolute atomic E-state index is 12.6. The molecule has 0 atom stereocenters. The second-order valence-electron chi connectivity index (χ2n) is 3.20. The number of methoxy groups -OCH3 is 1. The van der Waals surface area contributed by atoms with Crippen LogP contribution in [-0.2, 0) is 10.9 Å². The smallest absolute Gasteiger partial charge is 0.465 e. The first kappa shape index (κ1) is 16.8. The minimum absolute atomic E-state index is 0.148. The van der Waals surface area contributed by atoms with Crippen molar-refractivity contribution in [2.45, 2.75) is 12.5 Å². The molecule has 0 fully saturated rings. The molecular formula is C9H4F6INO3. The minimum Gasteiger partial charge on any atom is -0.465 e. The molecule has 0 saturated heterocycles. The highest BCUT2D eigenvalue weighted by Gasteiger charge is 2.40. The lowest BCUT2D eigenvalue weighted by atomic mass is 10.2. The monoisotopic (exact) mass is 415 g/mol. The number of pyridine rings is 1. The van der Waals surface area contributed by atoms with Gasteiger partial charge >= 0.3 is 18.5 Å². The van der Waals surface area contributed by atoms with Crippen LogP contribution in [0.4, 0.5) is 26.3 Å². The maximum atomic E-state index is 12.6. The fourth-order valence-electron chi connectivity index (χ4n) is 1.14. The quantitative estimate of drug-likeness (QED) is 0.423. The van der Waals surface area contributed by atoms with E-state index in [1.807, 2.05) is 0 Å². The summed E-state index contributed by atoms with van der Waals surface area (Å²) in [6, 6.07) is 0. The lowest BCUT2D eigenvalue weighted by molar-refractivity contribution is -0.276. The Labute approximate surface area is 121 Å². The SMILES string of the molecule is COC(=O)c1c(OC(F)(F)F)ncc(C(F)(F)F)c1I. The van der Waals surface area contributed by atoms with E-state index in [1.165, 1.54) is 0 Å². The van der Waals surface area contributed by atoms with Gasteiger partial charge in [-0.1, -0.05) is 0 Å². The van der Waals surface area contributed by atoms with Gasteiger partial charge in [-0.15, -0.1) is 13.2 Å². The highest BCUT2D eigenvalue weighted by atomic mass is 127. The second-order valence-corrected chi connectivity index (χ2v) is 4.28. The number of hydrogen-bond acceptors (Lipinski definition) is 4. The fraction of sp³-hybridized carbons (Fsp3) is 0.333. The third kappa shape index (κ3) is 3.86. The largest absolute Gasteiger partial charge is 0.574 e. The Hall–Kier alpha value is -1.27. The summed E-state index contributed by atoms with van der Waals surface area (Å²) in [7, 11) is 0.802. The second kappa shape index (κ2) is 5.61. The molecule has 1 heterocycles. The van der Waals surface area contributed by atoms with Crippen LogP contribution in [0, 0.1) is 3.57 Å². The number of hydrogen-bond donors (Lipinski definition) is 0. The maximum Gasteiger partial charge on any atom is 0.574 e. The van der Waals surface area contributed by atoms with Crippen molar-refractivity contribution in [3.8, 4) is 5.88 Å². The van der Waals surface area contributed by atoms with Crippen LogP contribution in [0.1, 0.15) is 15.9 Å². The zero-order chi connectivity index (χ0) is 15.7. The van der Waals surface area contributed by atoms with E-state index in [0.29, 0.717) is 0 Å². The van der Waals surface area contributed by atoms with Gasteiger partial charge in [-0.25, -0.2) is 9.78 Å². The third-order valence-corrected chi connectivity index (χ3v) is 3.01. The zero-order valence-electron chi connectivity index (χ0n) is 9.40. The Kier molecular flexibility index (Phi) is 4.71. The molecular weight excluding hydrogens is 411 g/mol. The number of carbonyl (C=O) groups excluding carboxylic acids is 1. The average molecular weight is 415 g/mol. The average Bonchev–Trinajstić information content (AvgIpc) is 2.24. The van der Waals surface area contributed by atoms with Crippen molar-refractivity contribution in [1.29, 1.82) is 0 Å². The molecule has 20 heavy (non-hydrogen) atoms. The van der Waals surface area contributed by atoms with Gasteiger partial charge in [0.15, 0.2) is 0 Å². The Morgan fingerprint density at radius 3 is 2.20 bits per heavy atom. The van der Waals surface area contributed by atoms with Crippen LogP contribution in [0.3, 0.4) is 0 Å². The summed E-state index contributed by atoms with van der Waals surface area (Å²) in [5, 5.41) is 0. The molecule has 0 spiro atoms. The molecule has 0 unspecified atom stereocenters. The van der Waals surface area contributed by atoms with E-state index in [9.17, 15) is 31.1 Å². The lowest BCUT2D eigenvalue weighted by Crippen LogP contribution is -2.22. The van der Waals surface area contributed by atoms with Crippen LogP contribution in [-0.4, -0.2) is 24.4 Å². The van der Waals surface area contributed by atoms with E-state index in [1.54, 1.807) is 0 Å². The topological polar surface area (TPSA) is 48.4 Å². The number of aromatic nitrogens is 1. The van der Waals surface area contributed by atoms with E-state index >= 15 is 0 Å². The number of ether oxygens (including phenoxy) is 2. The van der Waals surface area contributed by atoms with Crippen LogP contribution in [0.15, 0.2) is 6.20 Å². The predicted molar refractivity (Wildman–Crippen MR) is 60.0 cm³/mol. The molecule has 0 aliphatic carbocycles. The van der Waals surface area contributed by atoms with Crippen LogP contribution in [0.2, 0.25) is 0 Å². The Morgan fingerprint density at radius 2 is 1.80 bits per heavy atom. The zero-order valence-corrected chi connectivity index (χ0v) is 11.6. The number of alkyl halides is 6. The summed E-state index contributed by atoms with van der Waals surface area (Å²) >= 11 is 1.07. The Morgan fingerprint density at radius 1 is 1.25 bits per heavy atom. The van der Waals surface area contributed by atoms with Gasteiger partial charge in [0, 0.05) is 9.77 Å². The van der Waals surface area contributed by atoms with Crippen LogP contribution in [0.5, 0.6) is 5.88 Å². The van der Waals surface area contributed by atoms with Crippen molar-refractivity contribution in [2.24, 2.45) is 0 Å². The predicted octanol–water partition coefficient (Wildman–Crippen LogP) is 3.39. The number of halogens is 7. The summed E-state index contributed by atoms with van der Waals surface area (Å²) in [5.41, 5.74) is -2.41. The van der Waals surface area contributed by atoms with Crippen molar-refractivity contribution in [3.05, 3.63) is 20.9 Å².